The van der Waals surface area contributed by atoms with E-state index in [1.807, 2.05) is 54.6 Å². The number of imidazole rings is 1. The molecule has 8 heterocycles. The van der Waals surface area contributed by atoms with Gasteiger partial charge in [-0.25, -0.2) is 29.1 Å². The molecular weight excluding hydrogens is 1290 g/mol. The molecule has 30 nitrogen and oxygen atoms in total. The van der Waals surface area contributed by atoms with Crippen molar-refractivity contribution in [1.29, 1.82) is 0 Å². The first-order valence-electron chi connectivity index (χ1n) is 31.1. The van der Waals surface area contributed by atoms with Crippen molar-refractivity contribution in [2.75, 3.05) is 48.9 Å². The lowest BCUT2D eigenvalue weighted by Crippen LogP contribution is -2.53. The van der Waals surface area contributed by atoms with Crippen LogP contribution in [0.5, 0.6) is 0 Å². The lowest BCUT2D eigenvalue weighted by molar-refractivity contribution is -0.131. The number of aromatic nitrogens is 7. The molecule has 0 aliphatic carbocycles. The molecule has 0 spiro atoms. The van der Waals surface area contributed by atoms with Crippen molar-refractivity contribution in [1.82, 2.24) is 49.6 Å². The quantitative estimate of drug-likeness (QED) is 0.0351. The highest BCUT2D eigenvalue weighted by molar-refractivity contribution is 7.33. The molecule has 7 aromatic rings. The van der Waals surface area contributed by atoms with E-state index in [4.69, 9.17) is 32.3 Å². The molecule has 11 rings (SSSR count). The summed E-state index contributed by atoms with van der Waals surface area (Å²) in [5, 5.41) is 22.1. The molecule has 2 unspecified atom stereocenters. The number of carbonyl (C=O) groups excluding carboxylic acids is 6. The number of aliphatic hydroxyl groups is 1. The summed E-state index contributed by atoms with van der Waals surface area (Å²) in [5.41, 5.74) is 2.06. The highest BCUT2D eigenvalue weighted by Gasteiger charge is 2.55. The van der Waals surface area contributed by atoms with E-state index in [2.05, 4.69) is 52.3 Å². The third-order valence-electron chi connectivity index (χ3n) is 16.8. The number of nitrogens with zero attached hydrogens (tertiary/aromatic N) is 8. The number of aliphatic hydroxyl groups excluding tert-OH is 1. The van der Waals surface area contributed by atoms with Crippen LogP contribution in [0.2, 0.25) is 0 Å². The van der Waals surface area contributed by atoms with Crippen molar-refractivity contribution in [3.63, 3.8) is 0 Å². The maximum absolute atomic E-state index is 15.2. The van der Waals surface area contributed by atoms with Crippen molar-refractivity contribution >= 4 is 104 Å². The van der Waals surface area contributed by atoms with Gasteiger partial charge in [-0.05, 0) is 72.6 Å². The van der Waals surface area contributed by atoms with E-state index in [0.717, 1.165) is 39.5 Å². The highest BCUT2D eigenvalue weighted by Crippen LogP contribution is 2.47. The molecule has 3 aromatic carbocycles. The zero-order valence-electron chi connectivity index (χ0n) is 52.6. The van der Waals surface area contributed by atoms with Gasteiger partial charge in [0.05, 0.1) is 50.8 Å². The molecule has 96 heavy (non-hydrogen) atoms. The molecule has 3 fully saturated rings. The Morgan fingerprint density at radius 3 is 2.35 bits per heavy atom. The van der Waals surface area contributed by atoms with Crippen LogP contribution in [0.4, 0.5) is 26.4 Å². The topological polar surface area (TPSA) is 370 Å². The summed E-state index contributed by atoms with van der Waals surface area (Å²) in [6, 6.07) is 20.3. The largest absolute Gasteiger partial charge is 0.445 e. The fourth-order valence-corrected chi connectivity index (χ4v) is 13.4. The number of hydrogen-bond acceptors (Lipinski definition) is 21. The van der Waals surface area contributed by atoms with Crippen LogP contribution < -0.4 is 31.7 Å². The first-order valence-corrected chi connectivity index (χ1v) is 33.6. The van der Waals surface area contributed by atoms with Gasteiger partial charge in [-0.3, -0.25) is 51.6 Å². The summed E-state index contributed by atoms with van der Waals surface area (Å²) in [6.07, 6.45) is 3.40. The maximum atomic E-state index is 15.2. The number of ether oxygens (including phenoxy) is 3. The van der Waals surface area contributed by atoms with Gasteiger partial charge in [0.15, 0.2) is 28.4 Å². The Hall–Kier alpha value is -8.90. The minimum atomic E-state index is -3.62. The van der Waals surface area contributed by atoms with E-state index >= 15 is 4.39 Å². The number of hydrogen-bond donors (Lipinski definition) is 6. The number of aromatic amines is 1. The van der Waals surface area contributed by atoms with E-state index in [9.17, 15) is 47.8 Å². The molecule has 2 bridgehead atoms. The molecule has 3 saturated heterocycles. The van der Waals surface area contributed by atoms with Gasteiger partial charge in [-0.2, -0.15) is 0 Å². The van der Waals surface area contributed by atoms with E-state index in [1.165, 1.54) is 36.1 Å². The predicted octanol–water partition coefficient (Wildman–Crippen LogP) is 6.48. The molecule has 0 radical (unpaired) electrons. The average molecular weight is 1360 g/mol. The van der Waals surface area contributed by atoms with Crippen LogP contribution in [-0.4, -0.2) is 150 Å². The summed E-state index contributed by atoms with van der Waals surface area (Å²) in [6.45, 7) is 4.05. The average Bonchev–Trinajstić information content (AvgIpc) is 1.58. The van der Waals surface area contributed by atoms with Crippen LogP contribution in [0.3, 0.4) is 0 Å². The maximum Gasteiger partial charge on any atom is 0.409 e. The van der Waals surface area contributed by atoms with E-state index in [-0.39, 0.29) is 85.6 Å². The van der Waals surface area contributed by atoms with Crippen LogP contribution in [0, 0.1) is 11.7 Å². The smallest absolute Gasteiger partial charge is 0.409 e. The molecule has 6 amide bonds. The molecule has 4 aliphatic heterocycles. The summed E-state index contributed by atoms with van der Waals surface area (Å²) in [5.74, 6) is -3.13. The molecule has 10 atom stereocenters. The monoisotopic (exact) mass is 1360 g/mol. The Morgan fingerprint density at radius 1 is 0.823 bits per heavy atom. The minimum absolute atomic E-state index is 0.0204. The molecule has 4 aliphatic rings. The molecule has 508 valence electrons. The van der Waals surface area contributed by atoms with Gasteiger partial charge in [-0.15, -0.1) is 0 Å². The molecule has 4 aromatic heterocycles. The van der Waals surface area contributed by atoms with E-state index in [1.54, 1.807) is 43.0 Å². The van der Waals surface area contributed by atoms with Crippen molar-refractivity contribution in [3.8, 4) is 0 Å². The van der Waals surface area contributed by atoms with Crippen molar-refractivity contribution in [3.05, 3.63) is 136 Å². The summed E-state index contributed by atoms with van der Waals surface area (Å²) in [7, 11) is -5.45. The second-order valence-corrected chi connectivity index (χ2v) is 25.8. The highest BCUT2D eigenvalue weighted by atomic mass is 31.1. The molecular formula is C63H72FN13O17P2. The van der Waals surface area contributed by atoms with Crippen molar-refractivity contribution in [2.45, 2.75) is 127 Å². The zero-order chi connectivity index (χ0) is 67.8. The van der Waals surface area contributed by atoms with Gasteiger partial charge in [0.25, 0.3) is 5.56 Å². The van der Waals surface area contributed by atoms with Gasteiger partial charge in [-0.1, -0.05) is 80.6 Å². The zero-order valence-corrected chi connectivity index (χ0v) is 54.6. The second kappa shape index (κ2) is 30.4. The number of anilines is 3. The van der Waals surface area contributed by atoms with Gasteiger partial charge in [0.1, 0.15) is 54.9 Å². The number of fused-ring (bicyclic) bond motifs is 7. The molecule has 0 saturated carbocycles. The fraction of sp³-hybridized carbons (Fsp3) is 0.413. The Balaban J connectivity index is 0.594. The Kier molecular flexibility index (Phi) is 21.7. The van der Waals surface area contributed by atoms with Crippen LogP contribution in [0.1, 0.15) is 94.2 Å². The lowest BCUT2D eigenvalue weighted by Gasteiger charge is -2.33. The Morgan fingerprint density at radius 2 is 1.55 bits per heavy atom. The number of amides is 6. The van der Waals surface area contributed by atoms with Crippen molar-refractivity contribution < 1.29 is 79.7 Å². The first kappa shape index (κ1) is 68.5. The number of rotatable bonds is 20. The van der Waals surface area contributed by atoms with Crippen LogP contribution >= 0.6 is 16.5 Å². The minimum Gasteiger partial charge on any atom is -0.445 e. The number of H-pyrrole nitrogens is 1. The first-order chi connectivity index (χ1) is 46.2. The number of benzene rings is 3. The third-order valence-corrected chi connectivity index (χ3v) is 18.6. The second-order valence-electron chi connectivity index (χ2n) is 23.8. The number of unbranched alkanes of at least 4 members (excludes halogenated alkanes) is 1. The van der Waals surface area contributed by atoms with E-state index < -0.39 is 125 Å². The number of halogens is 1. The Labute approximate surface area is 549 Å². The summed E-state index contributed by atoms with van der Waals surface area (Å²) >= 11 is 0. The van der Waals surface area contributed by atoms with Crippen LogP contribution in [-0.2, 0) is 84.3 Å². The summed E-state index contributed by atoms with van der Waals surface area (Å²) < 4.78 is 84.9. The number of carbonyl (C=O) groups is 6. The van der Waals surface area contributed by atoms with Gasteiger partial charge < -0.3 is 68.9 Å². The predicted molar refractivity (Wildman–Crippen MR) is 345 cm³/mol. The number of para-hydroxylation sites is 1. The van der Waals surface area contributed by atoms with Crippen LogP contribution in [0.25, 0.3) is 34.3 Å². The summed E-state index contributed by atoms with van der Waals surface area (Å²) in [4.78, 5) is 115. The third kappa shape index (κ3) is 15.7. The van der Waals surface area contributed by atoms with Crippen LogP contribution in [0.15, 0.2) is 103 Å². The Bertz CT molecular complexity index is 4190. The van der Waals surface area contributed by atoms with Gasteiger partial charge >= 0.3 is 22.6 Å². The molecule has 33 heteroatoms. The standard InChI is InChI=1S/C63H72FN13O17P2/c1-36(2)53(72-48(78)16-9-10-18-50(80)75-27-41-14-6-5-12-39(41)21-22-40-13-7-8-15-44(40)75)61(84)70-37(3)59(82)71-42-23-19-38(20-24-42)29-88-62(85)74(4)25-11-17-49(79)73-56-54-58(67-33-65-56)76(35-69-54)51-26-45-46(92-51)30-91-96(87)94-63(32-89-47(55(63)81)31-90-95(86)93-45)77-28-43(64)52-57(77)66-34-68-60(52)83/h5-8,12-15,19-24,28,33-37,45-47,51,53,55,81,95-96H,9-11,16-18,25-27,29-32H2,1-4H3,(H,70,84)(H,71,82)(H,72,78)(H,66,68,83)(H,65,67,73,79)/b22-21-/t37-,45-,46+,47+,51+,53-,55+,63+/m0/s1. The molecule has 6 N–H and O–H groups in total. The number of nitrogens with one attached hydrogen (secondary N) is 5. The van der Waals surface area contributed by atoms with Gasteiger partial charge in [0.2, 0.25) is 35.3 Å². The fourth-order valence-electron chi connectivity index (χ4n) is 11.6. The van der Waals surface area contributed by atoms with Crippen molar-refractivity contribution in [2.24, 2.45) is 5.92 Å². The lowest BCUT2D eigenvalue weighted by atomic mass is 10.0. The van der Waals surface area contributed by atoms with Gasteiger partial charge in [0, 0.05) is 51.2 Å². The van der Waals surface area contributed by atoms with E-state index in [0.29, 0.717) is 30.6 Å². The SMILES string of the molecule is CC(C)[C@H](NC(=O)CCCCC(=O)N1Cc2ccccc2/C=C\c2ccccc21)C(=O)N[C@@H](C)C(=O)Nc1ccc(COC(=O)N(C)CCCC(=O)Nc2ncnc3c2ncn3[C@H]2C[C@@H]3O[PH](=O)OC[C@H]4OC[C@@](n5cc(F)c6c(=O)[nH]cnc65)(O[PH](=O)OC[C@H]3O2)[C@@H]4O)cc1. The normalized spacial score (nSPS) is 22.7.